The summed E-state index contributed by atoms with van der Waals surface area (Å²) in [5.74, 6) is -1.87. The molecule has 0 radical (unpaired) electrons. The van der Waals surface area contributed by atoms with Crippen LogP contribution in [0.25, 0.3) is 23.3 Å². The fraction of sp³-hybridized carbons (Fsp3) is 0.111. The van der Waals surface area contributed by atoms with E-state index in [9.17, 15) is 24.3 Å². The molecule has 2 N–H and O–H groups in total. The van der Waals surface area contributed by atoms with Crippen molar-refractivity contribution < 1.29 is 28.6 Å². The van der Waals surface area contributed by atoms with Gasteiger partial charge in [0, 0.05) is 17.9 Å². The summed E-state index contributed by atoms with van der Waals surface area (Å²) < 4.78 is 19.1. The molecule has 0 saturated carbocycles. The Morgan fingerprint density at radius 2 is 1.92 bits per heavy atom. The highest BCUT2D eigenvalue weighted by Gasteiger charge is 2.18. The molecule has 1 heterocycles. The topological polar surface area (TPSA) is 124 Å². The van der Waals surface area contributed by atoms with E-state index in [1.807, 2.05) is 6.07 Å². The number of hydrogen-bond donors (Lipinski definition) is 2. The van der Waals surface area contributed by atoms with E-state index >= 15 is 0 Å². The van der Waals surface area contributed by atoms with Crippen LogP contribution in [0, 0.1) is 17.1 Å². The number of carboxylic acids is 2. The lowest BCUT2D eigenvalue weighted by Crippen LogP contribution is -2.04. The summed E-state index contributed by atoms with van der Waals surface area (Å²) in [4.78, 5) is 26.8. The van der Waals surface area contributed by atoms with Gasteiger partial charge in [-0.3, -0.25) is 4.79 Å². The van der Waals surface area contributed by atoms with E-state index in [0.717, 1.165) is 0 Å². The number of hydrogen-bond acceptors (Lipinski definition) is 6. The number of carboxylic acid groups (broad SMARTS) is 2. The molecule has 180 valence electrons. The third-order valence-electron chi connectivity index (χ3n) is 5.23. The minimum Gasteiger partial charge on any atom is -0.481 e. The number of aliphatic carboxylic acids is 1. The van der Waals surface area contributed by atoms with Gasteiger partial charge in [0.1, 0.15) is 11.3 Å². The largest absolute Gasteiger partial charge is 0.481 e. The quantitative estimate of drug-likeness (QED) is 0.285. The van der Waals surface area contributed by atoms with Gasteiger partial charge in [0.25, 0.3) is 0 Å². The molecule has 9 heteroatoms. The van der Waals surface area contributed by atoms with Crippen LogP contribution < -0.4 is 0 Å². The lowest BCUT2D eigenvalue weighted by Gasteiger charge is -2.19. The predicted molar refractivity (Wildman–Crippen MR) is 134 cm³/mol. The molecule has 36 heavy (non-hydrogen) atoms. The molecule has 0 aliphatic rings. The number of halogens is 1. The Bertz CT molecular complexity index is 1520. The number of benzene rings is 3. The monoisotopic (exact) mass is 502 g/mol. The number of fused-ring (bicyclic) bond motifs is 1. The second-order valence-electron chi connectivity index (χ2n) is 7.82. The molecule has 3 aromatic carbocycles. The Kier molecular flexibility index (Phi) is 7.47. The normalized spacial score (nSPS) is 12.0. The summed E-state index contributed by atoms with van der Waals surface area (Å²) in [5, 5.41) is 27.7. The summed E-state index contributed by atoms with van der Waals surface area (Å²) >= 11 is 1.35. The molecule has 0 saturated heterocycles. The minimum atomic E-state index is -1.07. The second kappa shape index (κ2) is 10.9. The zero-order chi connectivity index (χ0) is 25.7. The average Bonchev–Trinajstić information content (AvgIpc) is 3.27. The average molecular weight is 503 g/mol. The summed E-state index contributed by atoms with van der Waals surface area (Å²) in [5.41, 5.74) is 3.37. The molecular weight excluding hydrogens is 483 g/mol. The van der Waals surface area contributed by atoms with E-state index in [-0.39, 0.29) is 17.9 Å². The maximum atomic E-state index is 13.4. The highest BCUT2D eigenvalue weighted by molar-refractivity contribution is 7.99. The van der Waals surface area contributed by atoms with Gasteiger partial charge in [-0.05, 0) is 59.2 Å². The van der Waals surface area contributed by atoms with Crippen LogP contribution in [0.4, 0.5) is 4.39 Å². The number of nitriles is 1. The van der Waals surface area contributed by atoms with Crippen molar-refractivity contribution in [2.24, 2.45) is 0 Å². The molecule has 4 rings (SSSR count). The summed E-state index contributed by atoms with van der Waals surface area (Å²) in [6, 6.07) is 17.8. The zero-order valence-corrected chi connectivity index (χ0v) is 19.5. The Hall–Kier alpha value is -4.42. The first-order valence-corrected chi connectivity index (χ1v) is 11.8. The molecule has 4 aromatic rings. The van der Waals surface area contributed by atoms with E-state index in [4.69, 9.17) is 9.52 Å². The third kappa shape index (κ3) is 5.98. The van der Waals surface area contributed by atoms with Crippen molar-refractivity contribution in [3.8, 4) is 6.07 Å². The standard InChI is InChI=1S/C27H19FN2O5S/c28-21-5-6-23-22(14-21)30-24(35-23)7-4-16-10-17(15-29)12-20(11-16)26(36-9-8-25(31)32)18-2-1-3-19(13-18)27(33)34/h1-7,10-14,26H,8-9H2,(H,31,32)(H,33,34)/b7-4+. The Morgan fingerprint density at radius 1 is 1.08 bits per heavy atom. The van der Waals surface area contributed by atoms with Gasteiger partial charge < -0.3 is 14.6 Å². The molecule has 1 atom stereocenters. The van der Waals surface area contributed by atoms with Gasteiger partial charge in [-0.25, -0.2) is 14.2 Å². The number of oxazole rings is 1. The lowest BCUT2D eigenvalue weighted by molar-refractivity contribution is -0.136. The first kappa shape index (κ1) is 24.7. The molecule has 0 fully saturated rings. The van der Waals surface area contributed by atoms with Crippen molar-refractivity contribution in [1.29, 1.82) is 5.26 Å². The van der Waals surface area contributed by atoms with E-state index in [2.05, 4.69) is 11.1 Å². The van der Waals surface area contributed by atoms with Crippen LogP contribution in [0.15, 0.2) is 65.1 Å². The van der Waals surface area contributed by atoms with E-state index in [1.54, 1.807) is 42.5 Å². The molecule has 0 spiro atoms. The van der Waals surface area contributed by atoms with Crippen LogP contribution >= 0.6 is 11.8 Å². The van der Waals surface area contributed by atoms with Crippen LogP contribution in [0.2, 0.25) is 0 Å². The van der Waals surface area contributed by atoms with E-state index in [1.165, 1.54) is 36.0 Å². The SMILES string of the molecule is N#Cc1cc(/C=C/c2nc3cc(F)ccc3o2)cc(C(SCCC(=O)O)c2cccc(C(=O)O)c2)c1. The predicted octanol–water partition coefficient (Wildman–Crippen LogP) is 6.00. The summed E-state index contributed by atoms with van der Waals surface area (Å²) in [7, 11) is 0. The van der Waals surface area contributed by atoms with Gasteiger partial charge in [0.05, 0.1) is 28.9 Å². The fourth-order valence-corrected chi connectivity index (χ4v) is 4.83. The number of thioether (sulfide) groups is 1. The van der Waals surface area contributed by atoms with Crippen LogP contribution in [0.3, 0.4) is 0 Å². The van der Waals surface area contributed by atoms with Crippen LogP contribution in [-0.2, 0) is 4.79 Å². The number of nitrogens with zero attached hydrogens (tertiary/aromatic N) is 2. The third-order valence-corrected chi connectivity index (χ3v) is 6.55. The number of aromatic carboxylic acids is 1. The fourth-order valence-electron chi connectivity index (χ4n) is 3.63. The zero-order valence-electron chi connectivity index (χ0n) is 18.7. The summed E-state index contributed by atoms with van der Waals surface area (Å²) in [6.45, 7) is 0. The first-order valence-electron chi connectivity index (χ1n) is 10.8. The molecule has 0 amide bonds. The Labute approximate surface area is 209 Å². The number of carbonyl (C=O) groups is 2. The van der Waals surface area contributed by atoms with Crippen molar-refractivity contribution in [3.63, 3.8) is 0 Å². The van der Waals surface area contributed by atoms with Crippen LogP contribution in [-0.4, -0.2) is 32.9 Å². The highest BCUT2D eigenvalue weighted by atomic mass is 32.2. The highest BCUT2D eigenvalue weighted by Crippen LogP contribution is 2.37. The van der Waals surface area contributed by atoms with Crippen molar-refractivity contribution in [2.75, 3.05) is 5.75 Å². The van der Waals surface area contributed by atoms with Gasteiger partial charge in [0.15, 0.2) is 5.58 Å². The smallest absolute Gasteiger partial charge is 0.335 e. The van der Waals surface area contributed by atoms with E-state index < -0.39 is 23.0 Å². The van der Waals surface area contributed by atoms with Crippen molar-refractivity contribution in [2.45, 2.75) is 11.7 Å². The minimum absolute atomic E-state index is 0.0667. The van der Waals surface area contributed by atoms with Crippen molar-refractivity contribution in [1.82, 2.24) is 4.98 Å². The van der Waals surface area contributed by atoms with Crippen LogP contribution in [0.5, 0.6) is 0 Å². The Balaban J connectivity index is 1.71. The number of aromatic nitrogens is 1. The Morgan fingerprint density at radius 3 is 2.67 bits per heavy atom. The molecule has 0 bridgehead atoms. The van der Waals surface area contributed by atoms with Gasteiger partial charge >= 0.3 is 11.9 Å². The maximum absolute atomic E-state index is 13.4. The van der Waals surface area contributed by atoms with Gasteiger partial charge in [-0.15, -0.1) is 11.8 Å². The molecular formula is C27H19FN2O5S. The second-order valence-corrected chi connectivity index (χ2v) is 9.04. The molecule has 1 aromatic heterocycles. The van der Waals surface area contributed by atoms with Gasteiger partial charge in [-0.2, -0.15) is 5.26 Å². The lowest BCUT2D eigenvalue weighted by atomic mass is 9.98. The van der Waals surface area contributed by atoms with Crippen molar-refractivity contribution in [3.05, 3.63) is 100 Å². The molecule has 0 aliphatic heterocycles. The summed E-state index contributed by atoms with van der Waals surface area (Å²) in [6.07, 6.45) is 3.25. The van der Waals surface area contributed by atoms with E-state index in [0.29, 0.717) is 39.1 Å². The van der Waals surface area contributed by atoms with Crippen LogP contribution in [0.1, 0.15) is 50.2 Å². The number of rotatable bonds is 9. The van der Waals surface area contributed by atoms with Gasteiger partial charge in [-0.1, -0.05) is 18.2 Å². The van der Waals surface area contributed by atoms with Crippen molar-refractivity contribution >= 4 is 47.0 Å². The molecule has 0 aliphatic carbocycles. The van der Waals surface area contributed by atoms with Gasteiger partial charge in [0.2, 0.25) is 5.89 Å². The molecule has 7 nitrogen and oxygen atoms in total. The molecule has 1 unspecified atom stereocenters. The first-order chi connectivity index (χ1) is 17.3. The maximum Gasteiger partial charge on any atom is 0.335 e.